The summed E-state index contributed by atoms with van der Waals surface area (Å²) in [5, 5.41) is 9.55. The van der Waals surface area contributed by atoms with Gasteiger partial charge in [-0.05, 0) is 25.2 Å². The Morgan fingerprint density at radius 3 is 2.55 bits per heavy atom. The summed E-state index contributed by atoms with van der Waals surface area (Å²) in [5.41, 5.74) is 1.16. The fraction of sp³-hybridized carbons (Fsp3) is 0.647. The van der Waals surface area contributed by atoms with Crippen LogP contribution in [0, 0.1) is 12.3 Å². The highest BCUT2D eigenvalue weighted by Gasteiger charge is 2.38. The highest BCUT2D eigenvalue weighted by atomic mass is 16.4. The molecule has 0 unspecified atom stereocenters. The molecule has 0 atom stereocenters. The predicted octanol–water partition coefficient (Wildman–Crippen LogP) is 2.34. The van der Waals surface area contributed by atoms with Crippen molar-refractivity contribution >= 4 is 11.7 Å². The van der Waals surface area contributed by atoms with Gasteiger partial charge in [-0.1, -0.05) is 13.8 Å². The molecule has 0 bridgehead atoms. The fourth-order valence-electron chi connectivity index (χ4n) is 3.50. The second-order valence-corrected chi connectivity index (χ2v) is 7.32. The quantitative estimate of drug-likeness (QED) is 0.864. The zero-order valence-corrected chi connectivity index (χ0v) is 13.4. The number of furan rings is 1. The summed E-state index contributed by atoms with van der Waals surface area (Å²) in [5.74, 6) is 0.858. The molecule has 5 nitrogen and oxygen atoms in total. The second kappa shape index (κ2) is 5.23. The smallest absolute Gasteiger partial charge is 0.289 e. The average Bonchev–Trinajstić information content (AvgIpc) is 2.74. The number of rotatable bonds is 1. The third-order valence-corrected chi connectivity index (χ3v) is 4.72. The summed E-state index contributed by atoms with van der Waals surface area (Å²) in [6.07, 6.45) is 2.04. The minimum Gasteiger partial charge on any atom is -0.455 e. The number of amides is 1. The lowest BCUT2D eigenvalue weighted by molar-refractivity contribution is 0.0515. The van der Waals surface area contributed by atoms with Gasteiger partial charge in [0.2, 0.25) is 0 Å². The Bertz CT molecular complexity index is 621. The van der Waals surface area contributed by atoms with E-state index in [9.17, 15) is 14.7 Å². The maximum absolute atomic E-state index is 12.7. The van der Waals surface area contributed by atoms with Crippen molar-refractivity contribution in [2.45, 2.75) is 52.6 Å². The zero-order valence-electron chi connectivity index (χ0n) is 13.4. The summed E-state index contributed by atoms with van der Waals surface area (Å²) in [7, 11) is 0. The Morgan fingerprint density at radius 1 is 1.27 bits per heavy atom. The first-order valence-electron chi connectivity index (χ1n) is 7.91. The third-order valence-electron chi connectivity index (χ3n) is 4.72. The highest BCUT2D eigenvalue weighted by molar-refractivity contribution is 6.03. The molecular formula is C17H23NO4. The van der Waals surface area contributed by atoms with Crippen molar-refractivity contribution in [3.63, 3.8) is 0 Å². The molecule has 5 heteroatoms. The fourth-order valence-corrected chi connectivity index (χ4v) is 3.50. The zero-order chi connectivity index (χ0) is 16.1. The first-order valence-corrected chi connectivity index (χ1v) is 7.91. The van der Waals surface area contributed by atoms with Crippen LogP contribution in [0.2, 0.25) is 0 Å². The van der Waals surface area contributed by atoms with E-state index in [4.69, 9.17) is 4.42 Å². The van der Waals surface area contributed by atoms with Crippen LogP contribution in [0.4, 0.5) is 0 Å². The van der Waals surface area contributed by atoms with Crippen LogP contribution in [-0.4, -0.2) is 40.9 Å². The van der Waals surface area contributed by atoms with Crippen molar-refractivity contribution in [2.24, 2.45) is 5.41 Å². The summed E-state index contributed by atoms with van der Waals surface area (Å²) in [6, 6.07) is 0. The van der Waals surface area contributed by atoms with Gasteiger partial charge in [-0.15, -0.1) is 0 Å². The Morgan fingerprint density at radius 2 is 1.91 bits per heavy atom. The number of nitrogens with zero attached hydrogens (tertiary/aromatic N) is 1. The molecule has 1 amide bonds. The van der Waals surface area contributed by atoms with Crippen molar-refractivity contribution in [1.82, 2.24) is 4.90 Å². The van der Waals surface area contributed by atoms with Gasteiger partial charge in [0.15, 0.2) is 11.5 Å². The molecular weight excluding hydrogens is 282 g/mol. The van der Waals surface area contributed by atoms with Gasteiger partial charge in [-0.25, -0.2) is 0 Å². The van der Waals surface area contributed by atoms with E-state index >= 15 is 0 Å². The molecule has 2 aliphatic rings. The first kappa shape index (κ1) is 15.3. The van der Waals surface area contributed by atoms with Crippen LogP contribution >= 0.6 is 0 Å². The molecule has 120 valence electrons. The summed E-state index contributed by atoms with van der Waals surface area (Å²) >= 11 is 0. The lowest BCUT2D eigenvalue weighted by atomic mass is 9.76. The van der Waals surface area contributed by atoms with Gasteiger partial charge in [0.05, 0.1) is 11.7 Å². The maximum Gasteiger partial charge on any atom is 0.289 e. The molecule has 0 saturated carbocycles. The van der Waals surface area contributed by atoms with E-state index in [1.807, 2.05) is 13.8 Å². The van der Waals surface area contributed by atoms with Gasteiger partial charge in [-0.3, -0.25) is 9.59 Å². The Balaban J connectivity index is 1.90. The molecule has 1 aliphatic heterocycles. The Kier molecular flexibility index (Phi) is 3.63. The van der Waals surface area contributed by atoms with Crippen molar-refractivity contribution in [2.75, 3.05) is 13.1 Å². The van der Waals surface area contributed by atoms with Crippen molar-refractivity contribution < 1.29 is 19.1 Å². The molecule has 0 aromatic carbocycles. The molecule has 1 aliphatic carbocycles. The van der Waals surface area contributed by atoms with Crippen LogP contribution in [0.25, 0.3) is 0 Å². The molecule has 22 heavy (non-hydrogen) atoms. The van der Waals surface area contributed by atoms with Gasteiger partial charge >= 0.3 is 0 Å². The van der Waals surface area contributed by atoms with Crippen LogP contribution < -0.4 is 0 Å². The van der Waals surface area contributed by atoms with E-state index in [0.29, 0.717) is 61.4 Å². The predicted molar refractivity (Wildman–Crippen MR) is 81.0 cm³/mol. The number of ketones is 1. The average molecular weight is 305 g/mol. The summed E-state index contributed by atoms with van der Waals surface area (Å²) in [4.78, 5) is 26.7. The lowest BCUT2D eigenvalue weighted by Crippen LogP contribution is -2.40. The number of carbonyl (C=O) groups excluding carboxylic acids is 2. The van der Waals surface area contributed by atoms with Crippen LogP contribution in [-0.2, 0) is 6.42 Å². The minimum absolute atomic E-state index is 0.0700. The van der Waals surface area contributed by atoms with E-state index < -0.39 is 0 Å². The number of Topliss-reactive ketones (excluding diaryl/α,β-unsaturated/α-hetero) is 1. The number of piperidine rings is 1. The van der Waals surface area contributed by atoms with E-state index in [-0.39, 0.29) is 23.2 Å². The number of aliphatic hydroxyl groups excluding tert-OH is 1. The number of likely N-dealkylation sites (tertiary alicyclic amines) is 1. The van der Waals surface area contributed by atoms with Crippen LogP contribution in [0.3, 0.4) is 0 Å². The van der Waals surface area contributed by atoms with Crippen molar-refractivity contribution in [3.05, 3.63) is 22.6 Å². The molecule has 1 N–H and O–H groups in total. The number of carbonyl (C=O) groups is 2. The Labute approximate surface area is 130 Å². The number of hydrogen-bond donors (Lipinski definition) is 1. The number of fused-ring (bicyclic) bond motifs is 1. The molecule has 3 rings (SSSR count). The normalized spacial score (nSPS) is 21.8. The van der Waals surface area contributed by atoms with Crippen molar-refractivity contribution in [1.29, 1.82) is 0 Å². The van der Waals surface area contributed by atoms with Crippen molar-refractivity contribution in [3.8, 4) is 0 Å². The molecule has 1 fully saturated rings. The summed E-state index contributed by atoms with van der Waals surface area (Å²) < 4.78 is 5.81. The maximum atomic E-state index is 12.7. The van der Waals surface area contributed by atoms with E-state index in [1.54, 1.807) is 11.8 Å². The molecule has 1 aromatic rings. The third kappa shape index (κ3) is 2.58. The lowest BCUT2D eigenvalue weighted by Gasteiger charge is -2.29. The Hall–Kier alpha value is -1.62. The van der Waals surface area contributed by atoms with Gasteiger partial charge in [-0.2, -0.15) is 0 Å². The van der Waals surface area contributed by atoms with Gasteiger partial charge in [0.25, 0.3) is 5.91 Å². The first-order chi connectivity index (χ1) is 10.3. The van der Waals surface area contributed by atoms with Crippen LogP contribution in [0.1, 0.15) is 65.3 Å². The number of hydrogen-bond acceptors (Lipinski definition) is 4. The summed E-state index contributed by atoms with van der Waals surface area (Å²) in [6.45, 7) is 6.94. The van der Waals surface area contributed by atoms with E-state index in [2.05, 4.69) is 0 Å². The molecule has 1 saturated heterocycles. The SMILES string of the molecule is Cc1c(C(=O)N2CCC(O)CC2)oc2c1C(=O)CC(C)(C)C2. The number of aliphatic hydroxyl groups is 1. The monoisotopic (exact) mass is 305 g/mol. The molecule has 0 radical (unpaired) electrons. The molecule has 0 spiro atoms. The van der Waals surface area contributed by atoms with Gasteiger partial charge in [0.1, 0.15) is 5.76 Å². The van der Waals surface area contributed by atoms with Gasteiger partial charge < -0.3 is 14.4 Å². The standard InChI is InChI=1S/C17H23NO4/c1-10-14-12(20)8-17(2,3)9-13(14)22-15(10)16(21)18-6-4-11(19)5-7-18/h11,19H,4-9H2,1-3H3. The highest BCUT2D eigenvalue weighted by Crippen LogP contribution is 2.38. The largest absolute Gasteiger partial charge is 0.455 e. The van der Waals surface area contributed by atoms with E-state index in [0.717, 1.165) is 0 Å². The van der Waals surface area contributed by atoms with E-state index in [1.165, 1.54) is 0 Å². The topological polar surface area (TPSA) is 70.8 Å². The molecule has 2 heterocycles. The molecule has 1 aromatic heterocycles. The second-order valence-electron chi connectivity index (χ2n) is 7.32. The van der Waals surface area contributed by atoms with Crippen LogP contribution in [0.15, 0.2) is 4.42 Å². The van der Waals surface area contributed by atoms with Gasteiger partial charge in [0, 0.05) is 31.5 Å². The van der Waals surface area contributed by atoms with Crippen LogP contribution in [0.5, 0.6) is 0 Å². The minimum atomic E-state index is -0.322.